The number of benzene rings is 2. The molecule has 2 amide bonds. The molecule has 3 rings (SSSR count). The Hall–Kier alpha value is -2.86. The lowest BCUT2D eigenvalue weighted by Crippen LogP contribution is -2.48. The van der Waals surface area contributed by atoms with E-state index in [9.17, 15) is 9.59 Å². The van der Waals surface area contributed by atoms with Crippen LogP contribution < -0.4 is 16.0 Å². The van der Waals surface area contributed by atoms with Gasteiger partial charge >= 0.3 is 6.09 Å². The number of nitrogens with one attached hydrogen (secondary N) is 3. The number of hydrogen-bond acceptors (Lipinski definition) is 4. The molecule has 0 spiro atoms. The molecule has 1 fully saturated rings. The number of rotatable bonds is 11. The summed E-state index contributed by atoms with van der Waals surface area (Å²) in [6, 6.07) is 18.5. The van der Waals surface area contributed by atoms with Crippen LogP contribution in [0.5, 0.6) is 0 Å². The standard InChI is InChI=1S/C28H39N3O3/c1-20-11-10-12-21(17-20)19-30-26(32)24(31-27(33)34-28(2,3)4)15-8-9-16-29-25-18-23(25)22-13-6-5-7-14-22/h5-7,10-14,17,23-25,29H,8-9,15-16,18-19H2,1-4H3,(H,30,32)(H,31,33)/t23?,24-,25?/m0/s1. The zero-order valence-corrected chi connectivity index (χ0v) is 20.9. The van der Waals surface area contributed by atoms with Crippen molar-refractivity contribution < 1.29 is 14.3 Å². The quantitative estimate of drug-likeness (QED) is 0.416. The highest BCUT2D eigenvalue weighted by Crippen LogP contribution is 2.40. The topological polar surface area (TPSA) is 79.5 Å². The van der Waals surface area contributed by atoms with Crippen LogP contribution in [0.25, 0.3) is 0 Å². The van der Waals surface area contributed by atoms with E-state index in [1.165, 1.54) is 12.0 Å². The smallest absolute Gasteiger partial charge is 0.408 e. The van der Waals surface area contributed by atoms with Crippen LogP contribution in [0.1, 0.15) is 69.1 Å². The molecule has 0 aromatic heterocycles. The average molecular weight is 466 g/mol. The Morgan fingerprint density at radius 3 is 2.53 bits per heavy atom. The summed E-state index contributed by atoms with van der Waals surface area (Å²) in [5.41, 5.74) is 2.96. The van der Waals surface area contributed by atoms with Gasteiger partial charge in [-0.05, 0) is 71.0 Å². The van der Waals surface area contributed by atoms with Gasteiger partial charge in [0.15, 0.2) is 0 Å². The van der Waals surface area contributed by atoms with Crippen molar-refractivity contribution in [1.29, 1.82) is 0 Å². The van der Waals surface area contributed by atoms with Crippen LogP contribution in [0, 0.1) is 6.92 Å². The van der Waals surface area contributed by atoms with Crippen molar-refractivity contribution in [2.75, 3.05) is 6.54 Å². The third-order valence-corrected chi connectivity index (χ3v) is 5.90. The van der Waals surface area contributed by atoms with Crippen LogP contribution in [-0.4, -0.2) is 36.2 Å². The lowest BCUT2D eigenvalue weighted by molar-refractivity contribution is -0.123. The second-order valence-corrected chi connectivity index (χ2v) is 10.2. The molecule has 0 aliphatic heterocycles. The van der Waals surface area contributed by atoms with E-state index in [-0.39, 0.29) is 5.91 Å². The lowest BCUT2D eigenvalue weighted by Gasteiger charge is -2.23. The van der Waals surface area contributed by atoms with E-state index in [1.807, 2.05) is 58.0 Å². The summed E-state index contributed by atoms with van der Waals surface area (Å²) in [7, 11) is 0. The Morgan fingerprint density at radius 1 is 1.06 bits per heavy atom. The van der Waals surface area contributed by atoms with Gasteiger partial charge in [-0.25, -0.2) is 4.79 Å². The molecule has 0 heterocycles. The lowest BCUT2D eigenvalue weighted by atomic mass is 10.1. The number of alkyl carbamates (subject to hydrolysis) is 1. The van der Waals surface area contributed by atoms with E-state index in [0.29, 0.717) is 24.9 Å². The predicted molar refractivity (Wildman–Crippen MR) is 136 cm³/mol. The number of amides is 2. The van der Waals surface area contributed by atoms with Gasteiger partial charge in [0.25, 0.3) is 0 Å². The molecular formula is C28H39N3O3. The molecule has 3 N–H and O–H groups in total. The maximum absolute atomic E-state index is 12.9. The molecule has 2 unspecified atom stereocenters. The highest BCUT2D eigenvalue weighted by Gasteiger charge is 2.37. The number of carbonyl (C=O) groups excluding carboxylic acids is 2. The van der Waals surface area contributed by atoms with Crippen molar-refractivity contribution in [2.24, 2.45) is 0 Å². The SMILES string of the molecule is Cc1cccc(CNC(=O)[C@H](CCCCNC2CC2c2ccccc2)NC(=O)OC(C)(C)C)c1. The second-order valence-electron chi connectivity index (χ2n) is 10.2. The third-order valence-electron chi connectivity index (χ3n) is 5.90. The van der Waals surface area contributed by atoms with Gasteiger partial charge in [-0.2, -0.15) is 0 Å². The van der Waals surface area contributed by atoms with Gasteiger partial charge in [0.2, 0.25) is 5.91 Å². The first-order valence-corrected chi connectivity index (χ1v) is 12.3. The van der Waals surface area contributed by atoms with Crippen molar-refractivity contribution in [3.05, 3.63) is 71.3 Å². The highest BCUT2D eigenvalue weighted by molar-refractivity contribution is 5.85. The zero-order valence-electron chi connectivity index (χ0n) is 20.9. The van der Waals surface area contributed by atoms with Gasteiger partial charge in [0.05, 0.1) is 0 Å². The molecule has 1 saturated carbocycles. The Bertz CT molecular complexity index is 939. The molecule has 2 aromatic rings. The summed E-state index contributed by atoms with van der Waals surface area (Å²) in [6.07, 6.45) is 2.94. The third kappa shape index (κ3) is 8.82. The van der Waals surface area contributed by atoms with E-state index < -0.39 is 17.7 Å². The monoisotopic (exact) mass is 465 g/mol. The van der Waals surface area contributed by atoms with Crippen molar-refractivity contribution in [3.63, 3.8) is 0 Å². The fourth-order valence-electron chi connectivity index (χ4n) is 4.10. The summed E-state index contributed by atoms with van der Waals surface area (Å²) < 4.78 is 5.38. The Morgan fingerprint density at radius 2 is 1.82 bits per heavy atom. The van der Waals surface area contributed by atoms with Gasteiger partial charge in [-0.3, -0.25) is 4.79 Å². The van der Waals surface area contributed by atoms with Gasteiger partial charge in [0, 0.05) is 18.5 Å². The van der Waals surface area contributed by atoms with Crippen LogP contribution in [-0.2, 0) is 16.1 Å². The number of hydrogen-bond donors (Lipinski definition) is 3. The Kier molecular flexibility index (Phi) is 9.11. The molecular weight excluding hydrogens is 426 g/mol. The van der Waals surface area contributed by atoms with E-state index in [1.54, 1.807) is 0 Å². The van der Waals surface area contributed by atoms with Crippen LogP contribution in [0.3, 0.4) is 0 Å². The molecule has 1 aliphatic carbocycles. The average Bonchev–Trinajstić information content (AvgIpc) is 3.55. The minimum atomic E-state index is -0.627. The van der Waals surface area contributed by atoms with Gasteiger partial charge in [0.1, 0.15) is 11.6 Å². The predicted octanol–water partition coefficient (Wildman–Crippen LogP) is 4.82. The fraction of sp³-hybridized carbons (Fsp3) is 0.500. The number of ether oxygens (including phenoxy) is 1. The first kappa shape index (κ1) is 25.8. The van der Waals surface area contributed by atoms with Crippen molar-refractivity contribution in [1.82, 2.24) is 16.0 Å². The first-order valence-electron chi connectivity index (χ1n) is 12.3. The van der Waals surface area contributed by atoms with Crippen molar-refractivity contribution in [2.45, 2.75) is 83.5 Å². The molecule has 0 saturated heterocycles. The van der Waals surface area contributed by atoms with Crippen molar-refractivity contribution in [3.8, 4) is 0 Å². The van der Waals surface area contributed by atoms with Crippen LogP contribution in [0.2, 0.25) is 0 Å². The van der Waals surface area contributed by atoms with E-state index >= 15 is 0 Å². The zero-order chi connectivity index (χ0) is 24.6. The molecule has 2 aromatic carbocycles. The molecule has 184 valence electrons. The Balaban J connectivity index is 1.44. The minimum absolute atomic E-state index is 0.188. The summed E-state index contributed by atoms with van der Waals surface area (Å²) in [5, 5.41) is 9.35. The largest absolute Gasteiger partial charge is 0.444 e. The molecule has 0 bridgehead atoms. The summed E-state index contributed by atoms with van der Waals surface area (Å²) in [6.45, 7) is 8.79. The van der Waals surface area contributed by atoms with Gasteiger partial charge in [-0.1, -0.05) is 60.2 Å². The first-order chi connectivity index (χ1) is 16.2. The van der Waals surface area contributed by atoms with Crippen LogP contribution in [0.15, 0.2) is 54.6 Å². The number of carbonyl (C=O) groups is 2. The summed E-state index contributed by atoms with van der Waals surface area (Å²) >= 11 is 0. The maximum atomic E-state index is 12.9. The molecule has 1 aliphatic rings. The second kappa shape index (κ2) is 12.0. The number of aryl methyl sites for hydroxylation is 1. The van der Waals surface area contributed by atoms with E-state index in [0.717, 1.165) is 30.5 Å². The molecule has 3 atom stereocenters. The van der Waals surface area contributed by atoms with Crippen LogP contribution >= 0.6 is 0 Å². The highest BCUT2D eigenvalue weighted by atomic mass is 16.6. The van der Waals surface area contributed by atoms with Gasteiger partial charge in [-0.15, -0.1) is 0 Å². The maximum Gasteiger partial charge on any atom is 0.408 e. The fourth-order valence-corrected chi connectivity index (χ4v) is 4.10. The van der Waals surface area contributed by atoms with E-state index in [2.05, 4.69) is 40.2 Å². The Labute approximate surface area is 203 Å². The summed E-state index contributed by atoms with van der Waals surface area (Å²) in [4.78, 5) is 25.2. The summed E-state index contributed by atoms with van der Waals surface area (Å²) in [5.74, 6) is 0.418. The van der Waals surface area contributed by atoms with Crippen molar-refractivity contribution >= 4 is 12.0 Å². The van der Waals surface area contributed by atoms with Crippen LogP contribution in [0.4, 0.5) is 4.79 Å². The molecule has 0 radical (unpaired) electrons. The molecule has 34 heavy (non-hydrogen) atoms. The normalized spacial score (nSPS) is 18.1. The van der Waals surface area contributed by atoms with E-state index in [4.69, 9.17) is 4.74 Å². The minimum Gasteiger partial charge on any atom is -0.444 e. The molecule has 6 heteroatoms. The number of unbranched alkanes of at least 4 members (excludes halogenated alkanes) is 1. The van der Waals surface area contributed by atoms with Gasteiger partial charge < -0.3 is 20.7 Å². The molecule has 6 nitrogen and oxygen atoms in total.